The second-order valence-corrected chi connectivity index (χ2v) is 5.51. The van der Waals surface area contributed by atoms with E-state index in [9.17, 15) is 15.0 Å². The molecular formula is C16H18O5. The highest BCUT2D eigenvalue weighted by atomic mass is 16.5. The first-order valence-corrected chi connectivity index (χ1v) is 7.00. The van der Waals surface area contributed by atoms with Crippen molar-refractivity contribution in [3.8, 4) is 5.75 Å². The second-order valence-electron chi connectivity index (χ2n) is 5.51. The van der Waals surface area contributed by atoms with Gasteiger partial charge in [0.05, 0.1) is 37.1 Å². The van der Waals surface area contributed by atoms with Crippen molar-refractivity contribution in [2.75, 3.05) is 7.11 Å². The van der Waals surface area contributed by atoms with Gasteiger partial charge in [-0.05, 0) is 24.1 Å². The standard InChI is InChI=1S/C16H18O5/c1-20-10-4-2-9(3-5-10)12-8-21-15-7-14(18)13(17)6-11(15)16(12)19/h2-5,8,11,13-15,17-18H,6-7H2,1H3. The average molecular weight is 290 g/mol. The van der Waals surface area contributed by atoms with Crippen LogP contribution >= 0.6 is 0 Å². The molecule has 5 heteroatoms. The van der Waals surface area contributed by atoms with Gasteiger partial charge in [-0.1, -0.05) is 12.1 Å². The summed E-state index contributed by atoms with van der Waals surface area (Å²) in [6, 6.07) is 7.19. The maximum Gasteiger partial charge on any atom is 0.173 e. The zero-order valence-electron chi connectivity index (χ0n) is 11.7. The van der Waals surface area contributed by atoms with E-state index in [0.29, 0.717) is 5.57 Å². The Balaban J connectivity index is 1.85. The number of hydrogen-bond acceptors (Lipinski definition) is 5. The smallest absolute Gasteiger partial charge is 0.173 e. The zero-order valence-corrected chi connectivity index (χ0v) is 11.7. The molecule has 21 heavy (non-hydrogen) atoms. The van der Waals surface area contributed by atoms with Crippen LogP contribution in [0.1, 0.15) is 18.4 Å². The molecule has 1 aromatic rings. The molecular weight excluding hydrogens is 272 g/mol. The minimum atomic E-state index is -0.867. The van der Waals surface area contributed by atoms with E-state index >= 15 is 0 Å². The van der Waals surface area contributed by atoms with Crippen LogP contribution in [0, 0.1) is 5.92 Å². The summed E-state index contributed by atoms with van der Waals surface area (Å²) in [5.41, 5.74) is 1.27. The van der Waals surface area contributed by atoms with Crippen molar-refractivity contribution in [2.24, 2.45) is 5.92 Å². The van der Waals surface area contributed by atoms with Gasteiger partial charge in [0.25, 0.3) is 0 Å². The fourth-order valence-electron chi connectivity index (χ4n) is 2.95. The zero-order chi connectivity index (χ0) is 15.0. The van der Waals surface area contributed by atoms with E-state index in [1.54, 1.807) is 31.4 Å². The number of benzene rings is 1. The molecule has 1 saturated carbocycles. The number of ether oxygens (including phenoxy) is 2. The molecule has 1 aliphatic heterocycles. The molecule has 2 N–H and O–H groups in total. The maximum atomic E-state index is 12.6. The Morgan fingerprint density at radius 1 is 1.14 bits per heavy atom. The summed E-state index contributed by atoms with van der Waals surface area (Å²) in [7, 11) is 1.59. The van der Waals surface area contributed by atoms with E-state index in [1.807, 2.05) is 0 Å². The molecule has 4 atom stereocenters. The van der Waals surface area contributed by atoms with Crippen molar-refractivity contribution < 1.29 is 24.5 Å². The number of Topliss-reactive ketones (excluding diaryl/α,β-unsaturated/α-hetero) is 1. The highest BCUT2D eigenvalue weighted by Crippen LogP contribution is 2.36. The SMILES string of the molecule is COc1ccc(C2=COC3CC(O)C(O)CC3C2=O)cc1. The fourth-order valence-corrected chi connectivity index (χ4v) is 2.95. The first-order chi connectivity index (χ1) is 10.1. The number of carbonyl (C=O) groups is 1. The molecule has 2 aliphatic rings. The number of aliphatic hydroxyl groups excluding tert-OH is 2. The minimum Gasteiger partial charge on any atom is -0.497 e. The molecule has 4 unspecified atom stereocenters. The normalized spacial score (nSPS) is 32.0. The number of aliphatic hydroxyl groups is 2. The van der Waals surface area contributed by atoms with E-state index < -0.39 is 18.1 Å². The van der Waals surface area contributed by atoms with Crippen LogP contribution in [0.5, 0.6) is 5.75 Å². The summed E-state index contributed by atoms with van der Waals surface area (Å²) in [5.74, 6) is 0.283. The van der Waals surface area contributed by atoms with Crippen molar-refractivity contribution in [2.45, 2.75) is 31.2 Å². The van der Waals surface area contributed by atoms with Crippen LogP contribution in [0.2, 0.25) is 0 Å². The number of fused-ring (bicyclic) bond motifs is 1. The molecule has 1 aromatic carbocycles. The largest absolute Gasteiger partial charge is 0.497 e. The quantitative estimate of drug-likeness (QED) is 0.854. The Hall–Kier alpha value is -1.85. The monoisotopic (exact) mass is 290 g/mol. The van der Waals surface area contributed by atoms with Crippen LogP contribution in [0.4, 0.5) is 0 Å². The molecule has 1 fully saturated rings. The number of carbonyl (C=O) groups excluding carboxylic acids is 1. The minimum absolute atomic E-state index is 0.0395. The topological polar surface area (TPSA) is 76.0 Å². The van der Waals surface area contributed by atoms with Gasteiger partial charge >= 0.3 is 0 Å². The van der Waals surface area contributed by atoms with Gasteiger partial charge in [-0.3, -0.25) is 4.79 Å². The Bertz CT molecular complexity index is 563. The third kappa shape index (κ3) is 2.54. The van der Waals surface area contributed by atoms with Crippen molar-refractivity contribution in [1.29, 1.82) is 0 Å². The lowest BCUT2D eigenvalue weighted by Gasteiger charge is -2.38. The summed E-state index contributed by atoms with van der Waals surface area (Å²) in [5, 5.41) is 19.4. The predicted molar refractivity (Wildman–Crippen MR) is 75.6 cm³/mol. The molecule has 1 heterocycles. The lowest BCUT2D eigenvalue weighted by atomic mass is 9.76. The highest BCUT2D eigenvalue weighted by Gasteiger charge is 2.43. The average Bonchev–Trinajstić information content (AvgIpc) is 2.50. The fraction of sp³-hybridized carbons (Fsp3) is 0.438. The van der Waals surface area contributed by atoms with Crippen LogP contribution in [-0.4, -0.2) is 41.4 Å². The van der Waals surface area contributed by atoms with Gasteiger partial charge in [0, 0.05) is 6.42 Å². The van der Waals surface area contributed by atoms with E-state index in [4.69, 9.17) is 9.47 Å². The number of rotatable bonds is 2. The lowest BCUT2D eigenvalue weighted by molar-refractivity contribution is -0.134. The van der Waals surface area contributed by atoms with Gasteiger partial charge in [0.2, 0.25) is 0 Å². The van der Waals surface area contributed by atoms with Gasteiger partial charge in [0.1, 0.15) is 11.9 Å². The molecule has 0 aromatic heterocycles. The van der Waals surface area contributed by atoms with E-state index in [2.05, 4.69) is 0 Å². The van der Waals surface area contributed by atoms with E-state index in [-0.39, 0.29) is 24.7 Å². The summed E-state index contributed by atoms with van der Waals surface area (Å²) < 4.78 is 10.7. The third-order valence-corrected chi connectivity index (χ3v) is 4.23. The van der Waals surface area contributed by atoms with Crippen LogP contribution in [-0.2, 0) is 9.53 Å². The Morgan fingerprint density at radius 3 is 2.48 bits per heavy atom. The third-order valence-electron chi connectivity index (χ3n) is 4.23. The van der Waals surface area contributed by atoms with Crippen LogP contribution in [0.25, 0.3) is 5.57 Å². The van der Waals surface area contributed by atoms with Crippen molar-refractivity contribution in [3.63, 3.8) is 0 Å². The molecule has 0 saturated heterocycles. The van der Waals surface area contributed by atoms with Crippen LogP contribution in [0.3, 0.4) is 0 Å². The Kier molecular flexibility index (Phi) is 3.69. The van der Waals surface area contributed by atoms with Crippen molar-refractivity contribution in [3.05, 3.63) is 36.1 Å². The maximum absolute atomic E-state index is 12.6. The van der Waals surface area contributed by atoms with Gasteiger partial charge in [-0.25, -0.2) is 0 Å². The number of methoxy groups -OCH3 is 1. The van der Waals surface area contributed by atoms with Crippen molar-refractivity contribution >= 4 is 11.4 Å². The molecule has 0 amide bonds. The molecule has 0 spiro atoms. The molecule has 0 radical (unpaired) electrons. The lowest BCUT2D eigenvalue weighted by Crippen LogP contribution is -2.47. The summed E-state index contributed by atoms with van der Waals surface area (Å²) in [6.07, 6.45) is -0.0559. The van der Waals surface area contributed by atoms with Gasteiger partial charge in [-0.2, -0.15) is 0 Å². The van der Waals surface area contributed by atoms with Gasteiger partial charge in [0.15, 0.2) is 5.78 Å². The Morgan fingerprint density at radius 2 is 1.81 bits per heavy atom. The van der Waals surface area contributed by atoms with E-state index in [1.165, 1.54) is 6.26 Å². The number of ketones is 1. The van der Waals surface area contributed by atoms with E-state index in [0.717, 1.165) is 11.3 Å². The predicted octanol–water partition coefficient (Wildman–Crippen LogP) is 1.14. The van der Waals surface area contributed by atoms with Gasteiger partial charge < -0.3 is 19.7 Å². The van der Waals surface area contributed by atoms with Crippen molar-refractivity contribution in [1.82, 2.24) is 0 Å². The summed E-state index contributed by atoms with van der Waals surface area (Å²) >= 11 is 0. The van der Waals surface area contributed by atoms with Gasteiger partial charge in [-0.15, -0.1) is 0 Å². The highest BCUT2D eigenvalue weighted by molar-refractivity contribution is 6.22. The molecule has 1 aliphatic carbocycles. The number of allylic oxidation sites excluding steroid dienone is 1. The molecule has 0 bridgehead atoms. The second kappa shape index (κ2) is 5.50. The van der Waals surface area contributed by atoms with Crippen LogP contribution in [0.15, 0.2) is 30.5 Å². The first kappa shape index (κ1) is 14.1. The molecule has 3 rings (SSSR count). The number of hydrogen-bond donors (Lipinski definition) is 2. The summed E-state index contributed by atoms with van der Waals surface area (Å²) in [4.78, 5) is 12.6. The Labute approximate surface area is 122 Å². The summed E-state index contributed by atoms with van der Waals surface area (Å²) in [6.45, 7) is 0. The molecule has 112 valence electrons. The molecule has 5 nitrogen and oxygen atoms in total. The van der Waals surface area contributed by atoms with Crippen LogP contribution < -0.4 is 4.74 Å². The first-order valence-electron chi connectivity index (χ1n) is 7.00.